The molecule has 1 saturated heterocycles. The molecule has 1 aromatic rings. The molecule has 21 heavy (non-hydrogen) atoms. The van der Waals surface area contributed by atoms with E-state index in [4.69, 9.17) is 10.5 Å². The summed E-state index contributed by atoms with van der Waals surface area (Å²) in [6.07, 6.45) is 2.22. The average molecular weight is 310 g/mol. The number of hydrogen-bond acceptors (Lipinski definition) is 6. The number of ether oxygens (including phenoxy) is 1. The fourth-order valence-electron chi connectivity index (χ4n) is 2.82. The highest BCUT2D eigenvalue weighted by Gasteiger charge is 2.35. The molecular weight excluding hydrogens is 288 g/mol. The predicted molar refractivity (Wildman–Crippen MR) is 83.9 cm³/mol. The molecule has 3 rings (SSSR count). The van der Waals surface area contributed by atoms with Crippen LogP contribution in [0.1, 0.15) is 44.0 Å². The van der Waals surface area contributed by atoms with Crippen molar-refractivity contribution in [2.24, 2.45) is 0 Å². The summed E-state index contributed by atoms with van der Waals surface area (Å²) in [6.45, 7) is 7.63. The molecule has 1 unspecified atom stereocenters. The third-order valence-corrected chi connectivity index (χ3v) is 4.62. The lowest BCUT2D eigenvalue weighted by Crippen LogP contribution is -2.52. The van der Waals surface area contributed by atoms with Crippen LogP contribution in [0.25, 0.3) is 0 Å². The van der Waals surface area contributed by atoms with Crippen LogP contribution in [0.2, 0.25) is 0 Å². The fraction of sp³-hybridized carbons (Fsp3) is 0.714. The molecular formula is C14H22N4O2S. The quantitative estimate of drug-likeness (QED) is 0.887. The highest BCUT2D eigenvalue weighted by atomic mass is 32.1. The second-order valence-electron chi connectivity index (χ2n) is 6.56. The van der Waals surface area contributed by atoms with Gasteiger partial charge in [0.15, 0.2) is 5.82 Å². The maximum atomic E-state index is 12.4. The van der Waals surface area contributed by atoms with E-state index in [2.05, 4.69) is 28.4 Å². The van der Waals surface area contributed by atoms with Crippen molar-refractivity contribution < 1.29 is 9.53 Å². The average Bonchev–Trinajstić information content (AvgIpc) is 3.06. The molecule has 0 spiro atoms. The molecule has 1 saturated carbocycles. The molecule has 3 N–H and O–H groups in total. The number of anilines is 2. The van der Waals surface area contributed by atoms with Gasteiger partial charge in [-0.15, -0.1) is 0 Å². The van der Waals surface area contributed by atoms with Crippen LogP contribution in [0.5, 0.6) is 0 Å². The van der Waals surface area contributed by atoms with Gasteiger partial charge in [0, 0.05) is 19.1 Å². The monoisotopic (exact) mass is 310 g/mol. The molecule has 7 heteroatoms. The van der Waals surface area contributed by atoms with Gasteiger partial charge in [-0.25, -0.2) is 0 Å². The van der Waals surface area contributed by atoms with Crippen LogP contribution in [0.4, 0.5) is 10.8 Å². The van der Waals surface area contributed by atoms with Gasteiger partial charge in [0.25, 0.3) is 5.91 Å². The van der Waals surface area contributed by atoms with Gasteiger partial charge in [-0.05, 0) is 45.1 Å². The first-order chi connectivity index (χ1) is 9.85. The molecule has 0 aromatic carbocycles. The normalized spacial score (nSPS) is 24.9. The molecule has 2 fully saturated rings. The zero-order valence-corrected chi connectivity index (χ0v) is 13.5. The van der Waals surface area contributed by atoms with E-state index in [-0.39, 0.29) is 17.6 Å². The third-order valence-electron chi connectivity index (χ3n) is 3.70. The first-order valence-electron chi connectivity index (χ1n) is 7.34. The Labute approximate surface area is 128 Å². The predicted octanol–water partition coefficient (Wildman–Crippen LogP) is 1.62. The van der Waals surface area contributed by atoms with Crippen LogP contribution in [-0.2, 0) is 4.74 Å². The van der Waals surface area contributed by atoms with Crippen LogP contribution in [0.15, 0.2) is 0 Å². The van der Waals surface area contributed by atoms with Crippen molar-refractivity contribution in [3.05, 3.63) is 5.56 Å². The van der Waals surface area contributed by atoms with Crippen molar-refractivity contribution in [3.8, 4) is 0 Å². The van der Waals surface area contributed by atoms with E-state index in [0.29, 0.717) is 17.4 Å². The fourth-order valence-corrected chi connectivity index (χ4v) is 3.64. The largest absolute Gasteiger partial charge is 0.382 e. The molecule has 0 radical (unpaired) electrons. The summed E-state index contributed by atoms with van der Waals surface area (Å²) in [7, 11) is 0. The van der Waals surface area contributed by atoms with E-state index in [1.54, 1.807) is 0 Å². The van der Waals surface area contributed by atoms with Crippen molar-refractivity contribution in [1.82, 2.24) is 9.69 Å². The Kier molecular flexibility index (Phi) is 3.57. The van der Waals surface area contributed by atoms with Gasteiger partial charge in [0.05, 0.1) is 11.7 Å². The topological polar surface area (TPSA) is 80.5 Å². The molecule has 1 aliphatic carbocycles. The Bertz CT molecular complexity index is 553. The number of carbonyl (C=O) groups is 1. The maximum absolute atomic E-state index is 12.4. The molecule has 2 heterocycles. The summed E-state index contributed by atoms with van der Waals surface area (Å²) in [5.74, 6) is 0.223. The number of amides is 1. The lowest BCUT2D eigenvalue weighted by molar-refractivity contribution is -0.0748. The summed E-state index contributed by atoms with van der Waals surface area (Å²) in [4.78, 5) is 14.6. The summed E-state index contributed by atoms with van der Waals surface area (Å²) in [5, 5.41) is 3.85. The van der Waals surface area contributed by atoms with E-state index < -0.39 is 0 Å². The highest BCUT2D eigenvalue weighted by Crippen LogP contribution is 2.35. The number of nitrogen functional groups attached to an aromatic ring is 1. The third kappa shape index (κ3) is 3.13. The minimum Gasteiger partial charge on any atom is -0.382 e. The number of aromatic nitrogens is 1. The summed E-state index contributed by atoms with van der Waals surface area (Å²) in [5.41, 5.74) is 6.20. The number of nitrogens with two attached hydrogens (primary N) is 1. The van der Waals surface area contributed by atoms with Crippen LogP contribution >= 0.6 is 11.5 Å². The minimum absolute atomic E-state index is 0.101. The highest BCUT2D eigenvalue weighted by molar-refractivity contribution is 7.11. The molecule has 1 aromatic heterocycles. The zero-order valence-electron chi connectivity index (χ0n) is 12.7. The van der Waals surface area contributed by atoms with E-state index in [1.165, 1.54) is 11.5 Å². The van der Waals surface area contributed by atoms with Gasteiger partial charge in [0.1, 0.15) is 10.6 Å². The second-order valence-corrected chi connectivity index (χ2v) is 7.32. The Morgan fingerprint density at radius 3 is 2.86 bits per heavy atom. The molecule has 0 bridgehead atoms. The van der Waals surface area contributed by atoms with Gasteiger partial charge in [0.2, 0.25) is 0 Å². The van der Waals surface area contributed by atoms with Gasteiger partial charge in [-0.2, -0.15) is 4.37 Å². The Morgan fingerprint density at radius 1 is 1.52 bits per heavy atom. The van der Waals surface area contributed by atoms with E-state index in [1.807, 2.05) is 6.92 Å². The van der Waals surface area contributed by atoms with Crippen molar-refractivity contribution in [1.29, 1.82) is 0 Å². The van der Waals surface area contributed by atoms with Gasteiger partial charge < -0.3 is 20.7 Å². The van der Waals surface area contributed by atoms with Crippen molar-refractivity contribution in [2.45, 2.75) is 51.4 Å². The summed E-state index contributed by atoms with van der Waals surface area (Å²) < 4.78 is 10.1. The first-order valence-corrected chi connectivity index (χ1v) is 8.12. The minimum atomic E-state index is -0.249. The standard InChI is InChI=1S/C14H22N4O2S/c1-8-6-18(7-14(2,3)20-8)13-10(11(15)17-21-13)12(19)16-9-4-5-9/h8-9H,4-7H2,1-3H3,(H2,15,17)(H,16,19). The molecule has 2 aliphatic rings. The van der Waals surface area contributed by atoms with Crippen molar-refractivity contribution in [2.75, 3.05) is 23.7 Å². The Balaban J connectivity index is 1.86. The van der Waals surface area contributed by atoms with Gasteiger partial charge in [-0.3, -0.25) is 4.79 Å². The Hall–Kier alpha value is -1.34. The SMILES string of the molecule is CC1CN(c2snc(N)c2C(=O)NC2CC2)CC(C)(C)O1. The number of morpholine rings is 1. The molecule has 1 atom stereocenters. The van der Waals surface area contributed by atoms with E-state index in [9.17, 15) is 4.79 Å². The Morgan fingerprint density at radius 2 is 2.24 bits per heavy atom. The second kappa shape index (κ2) is 5.14. The number of nitrogens with one attached hydrogen (secondary N) is 1. The molecule has 1 aliphatic heterocycles. The lowest BCUT2D eigenvalue weighted by Gasteiger charge is -2.42. The van der Waals surface area contributed by atoms with Gasteiger partial charge >= 0.3 is 0 Å². The molecule has 116 valence electrons. The van der Waals surface area contributed by atoms with Crippen molar-refractivity contribution in [3.63, 3.8) is 0 Å². The molecule has 6 nitrogen and oxygen atoms in total. The van der Waals surface area contributed by atoms with Crippen molar-refractivity contribution >= 4 is 28.3 Å². The maximum Gasteiger partial charge on any atom is 0.258 e. The van der Waals surface area contributed by atoms with Crippen LogP contribution < -0.4 is 16.0 Å². The summed E-state index contributed by atoms with van der Waals surface area (Å²) >= 11 is 1.30. The van der Waals surface area contributed by atoms with Gasteiger partial charge in [-0.1, -0.05) is 0 Å². The lowest BCUT2D eigenvalue weighted by atomic mass is 10.1. The van der Waals surface area contributed by atoms with Crippen LogP contribution in [-0.4, -0.2) is 41.1 Å². The number of hydrogen-bond donors (Lipinski definition) is 2. The first kappa shape index (κ1) is 14.6. The zero-order chi connectivity index (χ0) is 15.2. The smallest absolute Gasteiger partial charge is 0.258 e. The molecule has 1 amide bonds. The van der Waals surface area contributed by atoms with E-state index >= 15 is 0 Å². The van der Waals surface area contributed by atoms with Crippen LogP contribution in [0.3, 0.4) is 0 Å². The number of rotatable bonds is 3. The number of carbonyl (C=O) groups excluding carboxylic acids is 1. The van der Waals surface area contributed by atoms with Crippen LogP contribution in [0, 0.1) is 0 Å². The number of nitrogens with zero attached hydrogens (tertiary/aromatic N) is 2. The summed E-state index contributed by atoms with van der Waals surface area (Å²) in [6, 6.07) is 0.310. The van der Waals surface area contributed by atoms with E-state index in [0.717, 1.165) is 30.9 Å².